The first-order valence-electron chi connectivity index (χ1n) is 15.1. The summed E-state index contributed by atoms with van der Waals surface area (Å²) >= 11 is 0. The molecular weight excluding hydrogens is 584 g/mol. The number of hydrogen-bond acceptors (Lipinski definition) is 8. The Bertz CT molecular complexity index is 1440. The summed E-state index contributed by atoms with van der Waals surface area (Å²) in [6.45, 7) is 4.62. The van der Waals surface area contributed by atoms with Crippen molar-refractivity contribution in [3.05, 3.63) is 133 Å². The minimum Gasteiger partial charge on any atom is -0.493 e. The molecule has 0 aliphatic rings. The molecule has 0 amide bonds. The van der Waals surface area contributed by atoms with E-state index < -0.39 is 11.9 Å². The first-order valence-corrected chi connectivity index (χ1v) is 15.1. The smallest absolute Gasteiger partial charge is 0.336 e. The number of carbonyl (C=O) groups excluding carboxylic acids is 2. The van der Waals surface area contributed by atoms with Crippen molar-refractivity contribution in [3.8, 4) is 34.1 Å². The van der Waals surface area contributed by atoms with Gasteiger partial charge in [0.15, 0.2) is 0 Å². The van der Waals surface area contributed by atoms with Gasteiger partial charge >= 0.3 is 11.9 Å². The van der Waals surface area contributed by atoms with Crippen LogP contribution in [0, 0.1) is 0 Å². The quantitative estimate of drug-likeness (QED) is 0.0508. The molecule has 46 heavy (non-hydrogen) atoms. The highest BCUT2D eigenvalue weighted by Crippen LogP contribution is 2.25. The van der Waals surface area contributed by atoms with Crippen LogP contribution in [0.25, 0.3) is 11.1 Å². The first kappa shape index (κ1) is 33.4. The number of ether oxygens (including phenoxy) is 6. The van der Waals surface area contributed by atoms with Crippen molar-refractivity contribution in [2.75, 3.05) is 26.4 Å². The number of carbonyl (C=O) groups is 2. The van der Waals surface area contributed by atoms with Gasteiger partial charge < -0.3 is 28.4 Å². The largest absolute Gasteiger partial charge is 0.493 e. The fourth-order valence-corrected chi connectivity index (χ4v) is 3.95. The van der Waals surface area contributed by atoms with E-state index in [0.29, 0.717) is 48.7 Å². The van der Waals surface area contributed by atoms with Crippen LogP contribution in [-0.4, -0.2) is 38.4 Å². The summed E-state index contributed by atoms with van der Waals surface area (Å²) in [6, 6.07) is 34.0. The van der Waals surface area contributed by atoms with E-state index in [0.717, 1.165) is 22.6 Å². The zero-order chi connectivity index (χ0) is 32.4. The molecule has 8 heteroatoms. The van der Waals surface area contributed by atoms with Crippen molar-refractivity contribution in [3.63, 3.8) is 0 Å². The van der Waals surface area contributed by atoms with Crippen molar-refractivity contribution in [1.29, 1.82) is 0 Å². The van der Waals surface area contributed by atoms with E-state index in [9.17, 15) is 9.59 Å². The average Bonchev–Trinajstić information content (AvgIpc) is 3.10. The predicted molar refractivity (Wildman–Crippen MR) is 176 cm³/mol. The van der Waals surface area contributed by atoms with Crippen LogP contribution < -0.4 is 18.9 Å². The van der Waals surface area contributed by atoms with Crippen LogP contribution in [0.4, 0.5) is 0 Å². The maximum absolute atomic E-state index is 12.1. The van der Waals surface area contributed by atoms with Gasteiger partial charge in [-0.25, -0.2) is 9.59 Å². The molecular formula is C38H38O8. The molecule has 0 saturated carbocycles. The molecule has 0 fully saturated rings. The Balaban J connectivity index is 1.08. The van der Waals surface area contributed by atoms with E-state index in [1.165, 1.54) is 12.5 Å². The SMILES string of the molecule is CC(=COc1ccccc1)C(=O)OCCCOc1ccc(-c2ccc(OCCCOC(=O)C(C)=COc3ccccc3)cc2)cc1. The summed E-state index contributed by atoms with van der Waals surface area (Å²) in [4.78, 5) is 24.2. The lowest BCUT2D eigenvalue weighted by Crippen LogP contribution is -2.10. The summed E-state index contributed by atoms with van der Waals surface area (Å²) in [5.41, 5.74) is 2.85. The normalized spacial score (nSPS) is 11.3. The number of hydrogen-bond donors (Lipinski definition) is 0. The predicted octanol–water partition coefficient (Wildman–Crippen LogP) is 7.94. The van der Waals surface area contributed by atoms with Crippen LogP contribution in [0.15, 0.2) is 133 Å². The molecule has 0 radical (unpaired) electrons. The van der Waals surface area contributed by atoms with Gasteiger partial charge in [0.1, 0.15) is 35.5 Å². The summed E-state index contributed by atoms with van der Waals surface area (Å²) < 4.78 is 33.1. The van der Waals surface area contributed by atoms with Crippen LogP contribution >= 0.6 is 0 Å². The van der Waals surface area contributed by atoms with Gasteiger partial charge in [-0.2, -0.15) is 0 Å². The van der Waals surface area contributed by atoms with Crippen LogP contribution in [0.5, 0.6) is 23.0 Å². The molecule has 0 aliphatic heterocycles. The van der Waals surface area contributed by atoms with E-state index in [1.54, 1.807) is 13.8 Å². The molecule has 0 N–H and O–H groups in total. The third kappa shape index (κ3) is 11.5. The molecule has 0 spiro atoms. The maximum Gasteiger partial charge on any atom is 0.336 e. The van der Waals surface area contributed by atoms with Crippen molar-refractivity contribution in [1.82, 2.24) is 0 Å². The molecule has 4 aromatic carbocycles. The molecule has 0 aromatic heterocycles. The zero-order valence-corrected chi connectivity index (χ0v) is 26.1. The second-order valence-electron chi connectivity index (χ2n) is 10.2. The standard InChI is InChI=1S/C38H38O8/c1-29(27-45-33-11-5-3-6-12-33)37(39)43-25-9-23-41-35-19-15-31(16-20-35)32-17-21-36(22-18-32)42-24-10-26-44-38(40)30(2)28-46-34-13-7-4-8-14-34/h3-8,11-22,27-28H,9-10,23-26H2,1-2H3. The van der Waals surface area contributed by atoms with Crippen LogP contribution in [-0.2, 0) is 19.1 Å². The second-order valence-corrected chi connectivity index (χ2v) is 10.2. The van der Waals surface area contributed by atoms with Crippen LogP contribution in [0.2, 0.25) is 0 Å². The van der Waals surface area contributed by atoms with E-state index in [1.807, 2.05) is 109 Å². The Labute approximate surface area is 269 Å². The van der Waals surface area contributed by atoms with Crippen LogP contribution in [0.3, 0.4) is 0 Å². The Hall–Kier alpha value is -5.50. The third-order valence-corrected chi connectivity index (χ3v) is 6.50. The van der Waals surface area contributed by atoms with Crippen molar-refractivity contribution in [2.45, 2.75) is 26.7 Å². The van der Waals surface area contributed by atoms with Gasteiger partial charge in [0, 0.05) is 12.8 Å². The Morgan fingerprint density at radius 3 is 1.22 bits per heavy atom. The number of para-hydroxylation sites is 2. The van der Waals surface area contributed by atoms with Gasteiger partial charge in [-0.05, 0) is 73.5 Å². The minimum absolute atomic E-state index is 0.245. The van der Waals surface area contributed by atoms with Gasteiger partial charge in [0.2, 0.25) is 0 Å². The molecule has 0 aliphatic carbocycles. The highest BCUT2D eigenvalue weighted by Gasteiger charge is 2.08. The van der Waals surface area contributed by atoms with E-state index in [2.05, 4.69) is 0 Å². The second kappa shape index (κ2) is 18.3. The van der Waals surface area contributed by atoms with E-state index >= 15 is 0 Å². The van der Waals surface area contributed by atoms with Crippen molar-refractivity contribution in [2.24, 2.45) is 0 Å². The van der Waals surface area contributed by atoms with Gasteiger partial charge in [-0.15, -0.1) is 0 Å². The lowest BCUT2D eigenvalue weighted by Gasteiger charge is -2.10. The van der Waals surface area contributed by atoms with E-state index in [-0.39, 0.29) is 13.2 Å². The van der Waals surface area contributed by atoms with Gasteiger partial charge in [0.05, 0.1) is 37.6 Å². The minimum atomic E-state index is -0.424. The van der Waals surface area contributed by atoms with Crippen molar-refractivity contribution < 1.29 is 38.0 Å². The summed E-state index contributed by atoms with van der Waals surface area (Å²) in [7, 11) is 0. The van der Waals surface area contributed by atoms with E-state index in [4.69, 9.17) is 28.4 Å². The Morgan fingerprint density at radius 1 is 0.478 bits per heavy atom. The molecule has 0 unspecified atom stereocenters. The third-order valence-electron chi connectivity index (χ3n) is 6.50. The number of benzene rings is 4. The Kier molecular flexibility index (Phi) is 13.3. The first-order chi connectivity index (χ1) is 22.5. The zero-order valence-electron chi connectivity index (χ0n) is 26.1. The lowest BCUT2D eigenvalue weighted by atomic mass is 10.1. The molecule has 0 heterocycles. The maximum atomic E-state index is 12.1. The lowest BCUT2D eigenvalue weighted by molar-refractivity contribution is -0.140. The topological polar surface area (TPSA) is 89.5 Å². The molecule has 4 rings (SSSR count). The summed E-state index contributed by atoms with van der Waals surface area (Å²) in [5, 5.41) is 0. The molecule has 4 aromatic rings. The molecule has 238 valence electrons. The van der Waals surface area contributed by atoms with Gasteiger partial charge in [-0.1, -0.05) is 60.7 Å². The highest BCUT2D eigenvalue weighted by molar-refractivity contribution is 5.87. The molecule has 0 bridgehead atoms. The number of esters is 2. The highest BCUT2D eigenvalue weighted by atomic mass is 16.5. The average molecular weight is 623 g/mol. The Morgan fingerprint density at radius 2 is 0.848 bits per heavy atom. The van der Waals surface area contributed by atoms with Gasteiger partial charge in [-0.3, -0.25) is 0 Å². The van der Waals surface area contributed by atoms with Crippen molar-refractivity contribution >= 4 is 11.9 Å². The van der Waals surface area contributed by atoms with Crippen LogP contribution in [0.1, 0.15) is 26.7 Å². The molecule has 8 nitrogen and oxygen atoms in total. The number of rotatable bonds is 17. The van der Waals surface area contributed by atoms with Gasteiger partial charge in [0.25, 0.3) is 0 Å². The molecule has 0 atom stereocenters. The fraction of sp³-hybridized carbons (Fsp3) is 0.211. The monoisotopic (exact) mass is 622 g/mol. The summed E-state index contributed by atoms with van der Waals surface area (Å²) in [6.07, 6.45) is 3.90. The fourth-order valence-electron chi connectivity index (χ4n) is 3.95. The summed E-state index contributed by atoms with van der Waals surface area (Å²) in [5.74, 6) is 1.92. The molecule has 0 saturated heterocycles.